The Morgan fingerprint density at radius 3 is 2.50 bits per heavy atom. The van der Waals surface area contributed by atoms with Gasteiger partial charge in [-0.3, -0.25) is 9.59 Å². The Morgan fingerprint density at radius 1 is 0.885 bits per heavy atom. The number of benzene rings is 2. The molecule has 2 aromatic carbocycles. The summed E-state index contributed by atoms with van der Waals surface area (Å²) in [5.74, 6) is -0.0568. The average molecular weight is 342 g/mol. The number of carbonyl (C=O) groups excluding carboxylic acids is 1. The van der Waals surface area contributed by atoms with Crippen molar-refractivity contribution in [1.82, 2.24) is 4.57 Å². The average Bonchev–Trinajstić information content (AvgIpc) is 2.69. The van der Waals surface area contributed by atoms with Gasteiger partial charge < -0.3 is 9.47 Å². The normalized spacial score (nSPS) is 21.3. The molecule has 0 amide bonds. The summed E-state index contributed by atoms with van der Waals surface area (Å²) >= 11 is 0. The maximum Gasteiger partial charge on any atom is 0.197 e. The number of nitrogens with zero attached hydrogens (tertiary/aromatic N) is 2. The molecule has 1 aliphatic carbocycles. The van der Waals surface area contributed by atoms with E-state index in [-0.39, 0.29) is 23.2 Å². The summed E-state index contributed by atoms with van der Waals surface area (Å²) in [6, 6.07) is 11.4. The maximum atomic E-state index is 13.1. The summed E-state index contributed by atoms with van der Waals surface area (Å²) in [5.41, 5.74) is 3.20. The standard InChI is InChI=1S/C22H18N2O2/c1-23-17-9-5-3-7-13(17)21(25)15-12-20-16(11-19(15)23)22(26)14-8-4-6-10-18(14)24(20)2/h3-13,17H,1-2H3. The molecule has 0 spiro atoms. The van der Waals surface area contributed by atoms with E-state index in [0.717, 1.165) is 16.7 Å². The summed E-state index contributed by atoms with van der Waals surface area (Å²) in [5, 5.41) is 1.35. The summed E-state index contributed by atoms with van der Waals surface area (Å²) in [4.78, 5) is 28.3. The topological polar surface area (TPSA) is 42.3 Å². The zero-order chi connectivity index (χ0) is 18.0. The van der Waals surface area contributed by atoms with E-state index in [2.05, 4.69) is 4.90 Å². The van der Waals surface area contributed by atoms with Crippen LogP contribution in [0.15, 0.2) is 65.5 Å². The number of ketones is 1. The molecule has 0 saturated carbocycles. The predicted octanol–water partition coefficient (Wildman–Crippen LogP) is 3.44. The smallest absolute Gasteiger partial charge is 0.197 e. The molecule has 2 unspecified atom stereocenters. The second-order valence-corrected chi connectivity index (χ2v) is 7.05. The number of hydrogen-bond donors (Lipinski definition) is 0. The third-order valence-electron chi connectivity index (χ3n) is 5.73. The number of rotatable bonds is 0. The lowest BCUT2D eigenvalue weighted by molar-refractivity contribution is 0.0929. The minimum absolute atomic E-state index is 0.00163. The maximum absolute atomic E-state index is 13.1. The largest absolute Gasteiger partial charge is 0.366 e. The highest BCUT2D eigenvalue weighted by Crippen LogP contribution is 2.37. The van der Waals surface area contributed by atoms with E-state index in [0.29, 0.717) is 16.3 Å². The molecule has 1 aliphatic heterocycles. The number of hydrogen-bond acceptors (Lipinski definition) is 3. The van der Waals surface area contributed by atoms with Gasteiger partial charge >= 0.3 is 0 Å². The fraction of sp³-hybridized carbons (Fsp3) is 0.182. The number of aromatic nitrogens is 1. The molecule has 4 heteroatoms. The Bertz CT molecular complexity index is 1220. The van der Waals surface area contributed by atoms with Crippen LogP contribution >= 0.6 is 0 Å². The number of aryl methyl sites for hydroxylation is 1. The van der Waals surface area contributed by atoms with Gasteiger partial charge in [-0.2, -0.15) is 0 Å². The van der Waals surface area contributed by atoms with Crippen LogP contribution in [0, 0.1) is 5.92 Å². The van der Waals surface area contributed by atoms with Crippen LogP contribution < -0.4 is 10.3 Å². The van der Waals surface area contributed by atoms with Crippen molar-refractivity contribution < 1.29 is 4.79 Å². The highest BCUT2D eigenvalue weighted by atomic mass is 16.1. The molecule has 0 saturated heterocycles. The number of allylic oxidation sites excluding steroid dienone is 2. The van der Waals surface area contributed by atoms with E-state index in [9.17, 15) is 9.59 Å². The summed E-state index contributed by atoms with van der Waals surface area (Å²) in [6.45, 7) is 0. The summed E-state index contributed by atoms with van der Waals surface area (Å²) < 4.78 is 2.00. The van der Waals surface area contributed by atoms with Crippen molar-refractivity contribution in [3.05, 3.63) is 76.5 Å². The van der Waals surface area contributed by atoms with Crippen molar-refractivity contribution in [1.29, 1.82) is 0 Å². The van der Waals surface area contributed by atoms with Gasteiger partial charge in [-0.25, -0.2) is 0 Å². The van der Waals surface area contributed by atoms with Crippen LogP contribution in [0.2, 0.25) is 0 Å². The molecule has 0 radical (unpaired) electrons. The van der Waals surface area contributed by atoms with Gasteiger partial charge in [0.15, 0.2) is 11.2 Å². The van der Waals surface area contributed by atoms with E-state index < -0.39 is 0 Å². The van der Waals surface area contributed by atoms with Gasteiger partial charge in [-0.05, 0) is 24.3 Å². The number of anilines is 1. The molecule has 5 rings (SSSR count). The molecule has 1 aromatic heterocycles. The molecule has 0 fully saturated rings. The highest BCUT2D eigenvalue weighted by molar-refractivity contribution is 6.10. The lowest BCUT2D eigenvalue weighted by Crippen LogP contribution is -2.45. The first-order valence-electron chi connectivity index (χ1n) is 8.75. The zero-order valence-electron chi connectivity index (χ0n) is 14.6. The second-order valence-electron chi connectivity index (χ2n) is 7.05. The molecule has 128 valence electrons. The Kier molecular flexibility index (Phi) is 3.02. The van der Waals surface area contributed by atoms with Gasteiger partial charge in [0.25, 0.3) is 0 Å². The fourth-order valence-corrected chi connectivity index (χ4v) is 4.31. The van der Waals surface area contributed by atoms with Crippen molar-refractivity contribution >= 4 is 33.3 Å². The van der Waals surface area contributed by atoms with E-state index in [1.165, 1.54) is 0 Å². The van der Waals surface area contributed by atoms with Crippen LogP contribution in [-0.4, -0.2) is 23.4 Å². The van der Waals surface area contributed by atoms with Crippen molar-refractivity contribution in [3.63, 3.8) is 0 Å². The quantitative estimate of drug-likeness (QED) is 0.588. The molecule has 4 nitrogen and oxygen atoms in total. The van der Waals surface area contributed by atoms with Crippen LogP contribution in [0.3, 0.4) is 0 Å². The van der Waals surface area contributed by atoms with Gasteiger partial charge in [0.1, 0.15) is 0 Å². The van der Waals surface area contributed by atoms with Crippen LogP contribution in [0.1, 0.15) is 10.4 Å². The number of Topliss-reactive ketones (excluding diaryl/α,β-unsaturated/α-hetero) is 1. The fourth-order valence-electron chi connectivity index (χ4n) is 4.31. The highest BCUT2D eigenvalue weighted by Gasteiger charge is 2.37. The summed E-state index contributed by atoms with van der Waals surface area (Å²) in [6.07, 6.45) is 7.93. The molecule has 2 aliphatic rings. The Morgan fingerprint density at radius 2 is 1.65 bits per heavy atom. The van der Waals surface area contributed by atoms with Gasteiger partial charge in [0.2, 0.25) is 0 Å². The third kappa shape index (κ3) is 1.84. The van der Waals surface area contributed by atoms with E-state index in [1.54, 1.807) is 0 Å². The lowest BCUT2D eigenvalue weighted by Gasteiger charge is -2.39. The molecule has 0 bridgehead atoms. The van der Waals surface area contributed by atoms with Crippen LogP contribution in [0.5, 0.6) is 0 Å². The van der Waals surface area contributed by atoms with Crippen molar-refractivity contribution in [2.75, 3.05) is 11.9 Å². The number of fused-ring (bicyclic) bond motifs is 4. The number of carbonyl (C=O) groups is 1. The van der Waals surface area contributed by atoms with Crippen LogP contribution in [-0.2, 0) is 7.05 Å². The molecule has 0 N–H and O–H groups in total. The van der Waals surface area contributed by atoms with Gasteiger partial charge in [-0.15, -0.1) is 0 Å². The first kappa shape index (κ1) is 15.1. The monoisotopic (exact) mass is 342 g/mol. The van der Waals surface area contributed by atoms with Gasteiger partial charge in [-0.1, -0.05) is 36.4 Å². The Labute approximate surface area is 150 Å². The molecule has 2 heterocycles. The van der Waals surface area contributed by atoms with Crippen molar-refractivity contribution in [3.8, 4) is 0 Å². The number of pyridine rings is 1. The number of para-hydroxylation sites is 1. The van der Waals surface area contributed by atoms with Gasteiger partial charge in [0.05, 0.1) is 23.0 Å². The third-order valence-corrected chi connectivity index (χ3v) is 5.73. The van der Waals surface area contributed by atoms with Gasteiger partial charge in [0, 0.05) is 36.1 Å². The molecule has 2 atom stereocenters. The van der Waals surface area contributed by atoms with Crippen LogP contribution in [0.4, 0.5) is 5.69 Å². The van der Waals surface area contributed by atoms with Crippen molar-refractivity contribution in [2.45, 2.75) is 6.04 Å². The minimum Gasteiger partial charge on any atom is -0.366 e. The SMILES string of the molecule is CN1c2cc3c(=O)c4ccccc4n(C)c3cc2C(=O)C2C=CC=CC21. The molecule has 26 heavy (non-hydrogen) atoms. The zero-order valence-corrected chi connectivity index (χ0v) is 14.6. The van der Waals surface area contributed by atoms with E-state index in [4.69, 9.17) is 0 Å². The molecular formula is C22H18N2O2. The van der Waals surface area contributed by atoms with Crippen LogP contribution in [0.25, 0.3) is 21.8 Å². The summed E-state index contributed by atoms with van der Waals surface area (Å²) in [7, 11) is 3.93. The Balaban J connectivity index is 1.89. The molecule has 3 aromatic rings. The first-order chi connectivity index (χ1) is 12.6. The molecular weight excluding hydrogens is 324 g/mol. The van der Waals surface area contributed by atoms with E-state index >= 15 is 0 Å². The van der Waals surface area contributed by atoms with Crippen molar-refractivity contribution in [2.24, 2.45) is 13.0 Å². The Hall–Kier alpha value is -3.14. The predicted molar refractivity (Wildman–Crippen MR) is 105 cm³/mol. The first-order valence-corrected chi connectivity index (χ1v) is 8.75. The second kappa shape index (κ2) is 5.18. The minimum atomic E-state index is -0.174. The van der Waals surface area contributed by atoms with E-state index in [1.807, 2.05) is 79.4 Å². The lowest BCUT2D eigenvalue weighted by atomic mass is 9.82. The number of likely N-dealkylation sites (N-methyl/N-ethyl adjacent to an activating group) is 1.